The zero-order valence-corrected chi connectivity index (χ0v) is 8.69. The number of nitriles is 1. The average Bonchev–Trinajstić information content (AvgIpc) is 2.66. The van der Waals surface area contributed by atoms with Gasteiger partial charge in [0.05, 0.1) is 25.4 Å². The van der Waals surface area contributed by atoms with E-state index in [2.05, 4.69) is 6.07 Å². The number of ether oxygens (including phenoxy) is 2. The van der Waals surface area contributed by atoms with E-state index in [9.17, 15) is 5.11 Å². The number of nitrogens with zero attached hydrogens (tertiary/aromatic N) is 1. The molecule has 0 bridgehead atoms. The van der Waals surface area contributed by atoms with Crippen LogP contribution in [0.5, 0.6) is 0 Å². The molecule has 0 saturated carbocycles. The molecule has 14 heavy (non-hydrogen) atoms. The molecule has 3 unspecified atom stereocenters. The van der Waals surface area contributed by atoms with Gasteiger partial charge in [0.1, 0.15) is 5.41 Å². The highest BCUT2D eigenvalue weighted by Crippen LogP contribution is 2.35. The van der Waals surface area contributed by atoms with Crippen LogP contribution in [0.1, 0.15) is 13.3 Å². The summed E-state index contributed by atoms with van der Waals surface area (Å²) in [5, 5.41) is 19.1. The van der Waals surface area contributed by atoms with Crippen molar-refractivity contribution in [3.05, 3.63) is 0 Å². The molecular formula is C10H17NO3. The first kappa shape index (κ1) is 11.4. The Bertz CT molecular complexity index is 218. The highest BCUT2D eigenvalue weighted by molar-refractivity contribution is 5.07. The van der Waals surface area contributed by atoms with Crippen molar-refractivity contribution in [1.29, 1.82) is 5.26 Å². The van der Waals surface area contributed by atoms with Gasteiger partial charge in [-0.1, -0.05) is 6.92 Å². The summed E-state index contributed by atoms with van der Waals surface area (Å²) in [7, 11) is 1.59. The van der Waals surface area contributed by atoms with Crippen molar-refractivity contribution < 1.29 is 14.6 Å². The van der Waals surface area contributed by atoms with Crippen LogP contribution in [0.25, 0.3) is 0 Å². The molecule has 0 aliphatic carbocycles. The fourth-order valence-electron chi connectivity index (χ4n) is 1.87. The van der Waals surface area contributed by atoms with E-state index in [0.717, 1.165) is 0 Å². The maximum atomic E-state index is 10.0. The van der Waals surface area contributed by atoms with Crippen LogP contribution in [0.2, 0.25) is 0 Å². The SMILES string of the molecule is COCC(C)C(O)C1(C#N)CCOC1. The van der Waals surface area contributed by atoms with Gasteiger partial charge in [0.15, 0.2) is 0 Å². The Morgan fingerprint density at radius 2 is 2.43 bits per heavy atom. The van der Waals surface area contributed by atoms with Gasteiger partial charge in [0, 0.05) is 19.6 Å². The molecular weight excluding hydrogens is 182 g/mol. The molecule has 4 heteroatoms. The van der Waals surface area contributed by atoms with Crippen molar-refractivity contribution in [1.82, 2.24) is 0 Å². The van der Waals surface area contributed by atoms with Crippen LogP contribution in [0.3, 0.4) is 0 Å². The van der Waals surface area contributed by atoms with Gasteiger partial charge in [-0.25, -0.2) is 0 Å². The lowest BCUT2D eigenvalue weighted by Gasteiger charge is -2.29. The molecule has 1 fully saturated rings. The van der Waals surface area contributed by atoms with Crippen LogP contribution in [0, 0.1) is 22.7 Å². The molecule has 80 valence electrons. The molecule has 0 radical (unpaired) electrons. The molecule has 0 aromatic rings. The Kier molecular flexibility index (Phi) is 3.87. The lowest BCUT2D eigenvalue weighted by Crippen LogP contribution is -2.40. The van der Waals surface area contributed by atoms with Crippen molar-refractivity contribution >= 4 is 0 Å². The molecule has 1 saturated heterocycles. The van der Waals surface area contributed by atoms with Gasteiger partial charge in [-0.2, -0.15) is 5.26 Å². The molecule has 1 N–H and O–H groups in total. The van der Waals surface area contributed by atoms with E-state index in [1.54, 1.807) is 7.11 Å². The molecule has 0 aromatic carbocycles. The minimum Gasteiger partial charge on any atom is -0.391 e. The fraction of sp³-hybridized carbons (Fsp3) is 0.900. The van der Waals surface area contributed by atoms with Gasteiger partial charge in [-0.15, -0.1) is 0 Å². The molecule has 0 aromatic heterocycles. The summed E-state index contributed by atoms with van der Waals surface area (Å²) in [5.41, 5.74) is -0.724. The second-order valence-electron chi connectivity index (χ2n) is 3.95. The monoisotopic (exact) mass is 199 g/mol. The van der Waals surface area contributed by atoms with E-state index in [1.807, 2.05) is 6.92 Å². The second-order valence-corrected chi connectivity index (χ2v) is 3.95. The van der Waals surface area contributed by atoms with Crippen molar-refractivity contribution in [2.75, 3.05) is 26.9 Å². The predicted molar refractivity (Wildman–Crippen MR) is 50.5 cm³/mol. The topological polar surface area (TPSA) is 62.5 Å². The molecule has 3 atom stereocenters. The van der Waals surface area contributed by atoms with Crippen LogP contribution >= 0.6 is 0 Å². The normalized spacial score (nSPS) is 31.0. The second kappa shape index (κ2) is 4.74. The summed E-state index contributed by atoms with van der Waals surface area (Å²) in [5.74, 6) is -0.0404. The zero-order valence-electron chi connectivity index (χ0n) is 8.69. The Labute approximate surface area is 84.4 Å². The number of hydrogen-bond acceptors (Lipinski definition) is 4. The standard InChI is InChI=1S/C10H17NO3/c1-8(5-13-2)9(12)10(6-11)3-4-14-7-10/h8-9,12H,3-5,7H2,1-2H3. The fourth-order valence-corrected chi connectivity index (χ4v) is 1.87. The van der Waals surface area contributed by atoms with Crippen LogP contribution in [0.15, 0.2) is 0 Å². The van der Waals surface area contributed by atoms with Gasteiger partial charge in [0.2, 0.25) is 0 Å². The molecule has 0 spiro atoms. The van der Waals surface area contributed by atoms with Crippen molar-refractivity contribution in [2.24, 2.45) is 11.3 Å². The van der Waals surface area contributed by atoms with Crippen LogP contribution in [0.4, 0.5) is 0 Å². The van der Waals surface area contributed by atoms with Crippen molar-refractivity contribution in [2.45, 2.75) is 19.4 Å². The average molecular weight is 199 g/mol. The minimum atomic E-state index is -0.724. The van der Waals surface area contributed by atoms with Crippen molar-refractivity contribution in [3.8, 4) is 6.07 Å². The molecule has 1 rings (SSSR count). The zero-order chi connectivity index (χ0) is 10.6. The number of aliphatic hydroxyl groups excluding tert-OH is 1. The van der Waals surface area contributed by atoms with Crippen molar-refractivity contribution in [3.63, 3.8) is 0 Å². The summed E-state index contributed by atoms with van der Waals surface area (Å²) < 4.78 is 10.1. The lowest BCUT2D eigenvalue weighted by molar-refractivity contribution is -0.0139. The number of aliphatic hydroxyl groups is 1. The highest BCUT2D eigenvalue weighted by atomic mass is 16.5. The maximum absolute atomic E-state index is 10.0. The van der Waals surface area contributed by atoms with Crippen LogP contribution < -0.4 is 0 Å². The van der Waals surface area contributed by atoms with E-state index >= 15 is 0 Å². The van der Waals surface area contributed by atoms with Gasteiger partial charge in [-0.05, 0) is 6.42 Å². The quantitative estimate of drug-likeness (QED) is 0.718. The van der Waals surface area contributed by atoms with E-state index in [1.165, 1.54) is 0 Å². The van der Waals surface area contributed by atoms with E-state index < -0.39 is 11.5 Å². The van der Waals surface area contributed by atoms with E-state index in [0.29, 0.717) is 26.2 Å². The third kappa shape index (κ3) is 2.06. The summed E-state index contributed by atoms with van der Waals surface area (Å²) >= 11 is 0. The van der Waals surface area contributed by atoms with Gasteiger partial charge in [0.25, 0.3) is 0 Å². The number of rotatable bonds is 4. The Hall–Kier alpha value is -0.630. The highest BCUT2D eigenvalue weighted by Gasteiger charge is 2.44. The lowest BCUT2D eigenvalue weighted by atomic mass is 9.77. The first-order valence-electron chi connectivity index (χ1n) is 4.82. The third-order valence-electron chi connectivity index (χ3n) is 2.81. The van der Waals surface area contributed by atoms with Crippen LogP contribution in [-0.2, 0) is 9.47 Å². The molecule has 0 amide bonds. The largest absolute Gasteiger partial charge is 0.391 e. The summed E-state index contributed by atoms with van der Waals surface area (Å²) in [4.78, 5) is 0. The van der Waals surface area contributed by atoms with E-state index in [-0.39, 0.29) is 5.92 Å². The van der Waals surface area contributed by atoms with E-state index in [4.69, 9.17) is 14.7 Å². The van der Waals surface area contributed by atoms with Gasteiger partial charge in [-0.3, -0.25) is 0 Å². The molecule has 1 aliphatic rings. The first-order valence-corrected chi connectivity index (χ1v) is 4.82. The Morgan fingerprint density at radius 3 is 2.86 bits per heavy atom. The molecule has 1 aliphatic heterocycles. The summed E-state index contributed by atoms with van der Waals surface area (Å²) in [6, 6.07) is 2.19. The Morgan fingerprint density at radius 1 is 1.71 bits per heavy atom. The number of hydrogen-bond donors (Lipinski definition) is 1. The minimum absolute atomic E-state index is 0.0404. The number of methoxy groups -OCH3 is 1. The smallest absolute Gasteiger partial charge is 0.109 e. The molecule has 4 nitrogen and oxygen atoms in total. The first-order chi connectivity index (χ1) is 6.66. The van der Waals surface area contributed by atoms with Crippen LogP contribution in [-0.4, -0.2) is 38.1 Å². The third-order valence-corrected chi connectivity index (χ3v) is 2.81. The molecule has 1 heterocycles. The van der Waals surface area contributed by atoms with Gasteiger partial charge < -0.3 is 14.6 Å². The summed E-state index contributed by atoms with van der Waals surface area (Å²) in [6.45, 7) is 3.24. The summed E-state index contributed by atoms with van der Waals surface area (Å²) in [6.07, 6.45) is -0.0615. The van der Waals surface area contributed by atoms with Gasteiger partial charge >= 0.3 is 0 Å². The predicted octanol–water partition coefficient (Wildman–Crippen LogP) is 0.560. The maximum Gasteiger partial charge on any atom is 0.109 e. The Balaban J connectivity index is 2.65.